The Bertz CT molecular complexity index is 192. The van der Waals surface area contributed by atoms with Crippen LogP contribution in [-0.2, 0) is 9.59 Å². The van der Waals surface area contributed by atoms with Crippen LogP contribution in [0, 0.1) is 0 Å². The van der Waals surface area contributed by atoms with Crippen LogP contribution < -0.4 is 0 Å². The van der Waals surface area contributed by atoms with Crippen LogP contribution >= 0.6 is 23.2 Å². The third kappa shape index (κ3) is 4.20. The van der Waals surface area contributed by atoms with Crippen LogP contribution in [-0.4, -0.2) is 32.9 Å². The lowest BCUT2D eigenvalue weighted by Crippen LogP contribution is -2.13. The Labute approximate surface area is 78.4 Å². The van der Waals surface area contributed by atoms with Crippen molar-refractivity contribution in [3.8, 4) is 0 Å². The minimum absolute atomic E-state index is 1.01. The molecule has 0 aliphatic rings. The molecular weight excluding hydrogens is 207 g/mol. The molecule has 68 valence electrons. The lowest BCUT2D eigenvalue weighted by Gasteiger charge is -1.97. The van der Waals surface area contributed by atoms with Crippen LogP contribution in [0.15, 0.2) is 12.2 Å². The Morgan fingerprint density at radius 3 is 1.42 bits per heavy atom. The molecule has 2 atom stereocenters. The van der Waals surface area contributed by atoms with E-state index in [1.54, 1.807) is 0 Å². The molecule has 12 heavy (non-hydrogen) atoms. The zero-order valence-corrected chi connectivity index (χ0v) is 7.29. The Balaban J connectivity index is 4.06. The molecule has 0 heterocycles. The van der Waals surface area contributed by atoms with Gasteiger partial charge in [-0.05, 0) is 0 Å². The van der Waals surface area contributed by atoms with Gasteiger partial charge in [-0.3, -0.25) is 9.59 Å². The van der Waals surface area contributed by atoms with Crippen molar-refractivity contribution >= 4 is 35.1 Å². The number of carboxylic acid groups (broad SMARTS) is 2. The van der Waals surface area contributed by atoms with E-state index in [-0.39, 0.29) is 0 Å². The first-order valence-electron chi connectivity index (χ1n) is 2.87. The number of halogens is 2. The van der Waals surface area contributed by atoms with Crippen LogP contribution in [0.3, 0.4) is 0 Å². The summed E-state index contributed by atoms with van der Waals surface area (Å²) in [5.74, 6) is -2.50. The Morgan fingerprint density at radius 1 is 1.00 bits per heavy atom. The van der Waals surface area contributed by atoms with Gasteiger partial charge in [0.05, 0.1) is 0 Å². The van der Waals surface area contributed by atoms with E-state index in [4.69, 9.17) is 33.4 Å². The summed E-state index contributed by atoms with van der Waals surface area (Å²) in [6.07, 6.45) is 2.02. The average Bonchev–Trinajstić information content (AvgIpc) is 1.98. The molecule has 6 heteroatoms. The van der Waals surface area contributed by atoms with Crippen molar-refractivity contribution in [2.75, 3.05) is 0 Å². The first kappa shape index (κ1) is 11.3. The number of rotatable bonds is 4. The van der Waals surface area contributed by atoms with Gasteiger partial charge in [-0.1, -0.05) is 12.2 Å². The second-order valence-electron chi connectivity index (χ2n) is 1.86. The van der Waals surface area contributed by atoms with E-state index in [2.05, 4.69) is 0 Å². The second-order valence-corrected chi connectivity index (χ2v) is 2.81. The molecule has 2 unspecified atom stereocenters. The summed E-state index contributed by atoms with van der Waals surface area (Å²) in [5.41, 5.74) is 0. The molecule has 0 aromatic rings. The maximum atomic E-state index is 10.1. The molecule has 0 amide bonds. The topological polar surface area (TPSA) is 74.6 Å². The third-order valence-electron chi connectivity index (χ3n) is 0.921. The van der Waals surface area contributed by atoms with E-state index in [0.717, 1.165) is 12.2 Å². The molecule has 0 bridgehead atoms. The fraction of sp³-hybridized carbons (Fsp3) is 0.333. The van der Waals surface area contributed by atoms with Crippen molar-refractivity contribution in [3.05, 3.63) is 12.2 Å². The highest BCUT2D eigenvalue weighted by Crippen LogP contribution is 2.03. The quantitative estimate of drug-likeness (QED) is 0.537. The number of hydrogen-bond acceptors (Lipinski definition) is 2. The monoisotopic (exact) mass is 212 g/mol. The van der Waals surface area contributed by atoms with E-state index in [1.165, 1.54) is 0 Å². The fourth-order valence-corrected chi connectivity index (χ4v) is 0.528. The Hall–Kier alpha value is -0.740. The number of alkyl halides is 2. The Morgan fingerprint density at radius 2 is 1.25 bits per heavy atom. The van der Waals surface area contributed by atoms with Gasteiger partial charge in [0, 0.05) is 0 Å². The molecule has 4 nitrogen and oxygen atoms in total. The highest BCUT2D eigenvalue weighted by atomic mass is 35.5. The summed E-state index contributed by atoms with van der Waals surface area (Å²) >= 11 is 10.5. The molecule has 0 aliphatic heterocycles. The van der Waals surface area contributed by atoms with Gasteiger partial charge < -0.3 is 10.2 Å². The molecule has 0 spiro atoms. The maximum Gasteiger partial charge on any atom is 0.325 e. The van der Waals surface area contributed by atoms with Crippen molar-refractivity contribution in [3.63, 3.8) is 0 Å². The van der Waals surface area contributed by atoms with Gasteiger partial charge in [-0.15, -0.1) is 23.2 Å². The van der Waals surface area contributed by atoms with Crippen LogP contribution in [0.2, 0.25) is 0 Å². The van der Waals surface area contributed by atoms with E-state index in [1.807, 2.05) is 0 Å². The zero-order valence-electron chi connectivity index (χ0n) is 5.78. The average molecular weight is 213 g/mol. The number of carboxylic acids is 2. The van der Waals surface area contributed by atoms with E-state index in [9.17, 15) is 9.59 Å². The summed E-state index contributed by atoms with van der Waals surface area (Å²) in [7, 11) is 0. The standard InChI is InChI=1S/C6H6Cl2O4/c7-3(5(9)10)1-2-4(8)6(11)12/h1-4H,(H,9,10)(H,11,12). The summed E-state index contributed by atoms with van der Waals surface area (Å²) in [5, 5.41) is 14.0. The van der Waals surface area contributed by atoms with Crippen LogP contribution in [0.25, 0.3) is 0 Å². The zero-order chi connectivity index (χ0) is 9.72. The molecule has 0 radical (unpaired) electrons. The molecule has 0 fully saturated rings. The predicted octanol–water partition coefficient (Wildman–Crippen LogP) is 0.927. The van der Waals surface area contributed by atoms with Gasteiger partial charge in [-0.2, -0.15) is 0 Å². The van der Waals surface area contributed by atoms with E-state index in [0.29, 0.717) is 0 Å². The van der Waals surface area contributed by atoms with Crippen molar-refractivity contribution in [2.24, 2.45) is 0 Å². The van der Waals surface area contributed by atoms with Crippen LogP contribution in [0.1, 0.15) is 0 Å². The molecule has 0 rings (SSSR count). The highest BCUT2D eigenvalue weighted by Gasteiger charge is 2.12. The summed E-state index contributed by atoms with van der Waals surface area (Å²) < 4.78 is 0. The second kappa shape index (κ2) is 5.00. The minimum Gasteiger partial charge on any atom is -0.480 e. The lowest BCUT2D eigenvalue weighted by molar-refractivity contribution is -0.137. The molecule has 0 aromatic heterocycles. The van der Waals surface area contributed by atoms with Gasteiger partial charge in [0.25, 0.3) is 0 Å². The summed E-state index contributed by atoms with van der Waals surface area (Å²) in [6, 6.07) is 0. The fourth-order valence-electron chi connectivity index (χ4n) is 0.360. The van der Waals surface area contributed by atoms with Crippen molar-refractivity contribution in [1.29, 1.82) is 0 Å². The summed E-state index contributed by atoms with van der Waals surface area (Å²) in [4.78, 5) is 20.2. The molecule has 0 aromatic carbocycles. The number of hydrogen-bond donors (Lipinski definition) is 2. The predicted molar refractivity (Wildman–Crippen MR) is 43.7 cm³/mol. The van der Waals surface area contributed by atoms with Gasteiger partial charge in [0.15, 0.2) is 0 Å². The van der Waals surface area contributed by atoms with Crippen LogP contribution in [0.5, 0.6) is 0 Å². The first-order valence-corrected chi connectivity index (χ1v) is 3.74. The van der Waals surface area contributed by atoms with Gasteiger partial charge >= 0.3 is 11.9 Å². The van der Waals surface area contributed by atoms with E-state index < -0.39 is 22.7 Å². The largest absolute Gasteiger partial charge is 0.480 e. The smallest absolute Gasteiger partial charge is 0.325 e. The summed E-state index contributed by atoms with van der Waals surface area (Å²) in [6.45, 7) is 0. The highest BCUT2D eigenvalue weighted by molar-refractivity contribution is 6.32. The molecule has 0 saturated carbocycles. The van der Waals surface area contributed by atoms with Gasteiger partial charge in [-0.25, -0.2) is 0 Å². The first-order chi connectivity index (χ1) is 5.45. The van der Waals surface area contributed by atoms with Crippen molar-refractivity contribution in [1.82, 2.24) is 0 Å². The number of carbonyl (C=O) groups is 2. The third-order valence-corrected chi connectivity index (χ3v) is 1.59. The van der Waals surface area contributed by atoms with Crippen LogP contribution in [0.4, 0.5) is 0 Å². The molecule has 2 N–H and O–H groups in total. The number of aliphatic carboxylic acids is 2. The normalized spacial score (nSPS) is 15.8. The van der Waals surface area contributed by atoms with Crippen molar-refractivity contribution < 1.29 is 19.8 Å². The minimum atomic E-state index is -1.25. The molecular formula is C6H6Cl2O4. The van der Waals surface area contributed by atoms with Gasteiger partial charge in [0.2, 0.25) is 0 Å². The molecule has 0 aliphatic carbocycles. The van der Waals surface area contributed by atoms with Crippen molar-refractivity contribution in [2.45, 2.75) is 10.8 Å². The maximum absolute atomic E-state index is 10.1. The van der Waals surface area contributed by atoms with E-state index >= 15 is 0 Å². The van der Waals surface area contributed by atoms with Gasteiger partial charge in [0.1, 0.15) is 10.8 Å². The Kier molecular flexibility index (Phi) is 4.70. The lowest BCUT2D eigenvalue weighted by atomic mass is 10.3. The molecule has 0 saturated heterocycles. The SMILES string of the molecule is O=C(O)C(Cl)C=CC(Cl)C(=O)O.